The zero-order chi connectivity index (χ0) is 16.3. The molecule has 2 heterocycles. The van der Waals surface area contributed by atoms with Crippen molar-refractivity contribution in [3.63, 3.8) is 0 Å². The predicted octanol–water partition coefficient (Wildman–Crippen LogP) is 3.05. The van der Waals surface area contributed by atoms with Crippen LogP contribution < -0.4 is 4.90 Å². The first kappa shape index (κ1) is 15.7. The summed E-state index contributed by atoms with van der Waals surface area (Å²) in [5.74, 6) is -0.205. The van der Waals surface area contributed by atoms with E-state index in [1.165, 1.54) is 0 Å². The molecule has 0 aliphatic carbocycles. The fourth-order valence-corrected chi connectivity index (χ4v) is 3.14. The molecule has 2 aromatic rings. The molecule has 1 atom stereocenters. The highest BCUT2D eigenvalue weighted by Gasteiger charge is 2.48. The summed E-state index contributed by atoms with van der Waals surface area (Å²) in [5.41, 5.74) is 1.01. The number of aromatic nitrogens is 1. The number of carbonyl (C=O) groups excluding carboxylic acids is 1. The molecule has 1 aromatic carbocycles. The van der Waals surface area contributed by atoms with Gasteiger partial charge in [-0.1, -0.05) is 37.6 Å². The number of unbranched alkanes of at least 4 members (excludes halogenated alkanes) is 1. The molecule has 4 nitrogen and oxygen atoms in total. The fraction of sp³-hybridized carbons (Fsp3) is 0.368. The normalized spacial score (nSPS) is 19.9. The highest BCUT2D eigenvalue weighted by atomic mass is 16.3. The van der Waals surface area contributed by atoms with E-state index in [4.69, 9.17) is 0 Å². The van der Waals surface area contributed by atoms with Crippen molar-refractivity contribution in [2.24, 2.45) is 0 Å². The highest BCUT2D eigenvalue weighted by molar-refractivity contribution is 6.06. The van der Waals surface area contributed by atoms with Crippen molar-refractivity contribution in [3.05, 3.63) is 59.9 Å². The second-order valence-electron chi connectivity index (χ2n) is 6.01. The molecule has 120 valence electrons. The summed E-state index contributed by atoms with van der Waals surface area (Å²) in [5, 5.41) is 11.1. The van der Waals surface area contributed by atoms with E-state index in [1.54, 1.807) is 11.1 Å². The monoisotopic (exact) mass is 310 g/mol. The molecule has 1 N–H and O–H groups in total. The standard InChI is InChI=1S/C19H22N2O2/c1-2-3-14-21-17-10-5-4-9-16(17)19(23,18(21)22)12-11-15-8-6-7-13-20-15/h4-10,13,23H,2-3,11-12,14H2,1H3. The number of fused-ring (bicyclic) bond motifs is 1. The van der Waals surface area contributed by atoms with Gasteiger partial charge in [-0.2, -0.15) is 0 Å². The molecule has 0 saturated heterocycles. The lowest BCUT2D eigenvalue weighted by atomic mass is 9.90. The highest BCUT2D eigenvalue weighted by Crippen LogP contribution is 2.42. The van der Waals surface area contributed by atoms with Crippen molar-refractivity contribution in [3.8, 4) is 0 Å². The topological polar surface area (TPSA) is 53.4 Å². The maximum Gasteiger partial charge on any atom is 0.263 e. The molecule has 4 heteroatoms. The van der Waals surface area contributed by atoms with Gasteiger partial charge in [-0.15, -0.1) is 0 Å². The summed E-state index contributed by atoms with van der Waals surface area (Å²) < 4.78 is 0. The Balaban J connectivity index is 1.87. The minimum Gasteiger partial charge on any atom is -0.375 e. The van der Waals surface area contributed by atoms with Gasteiger partial charge in [0.25, 0.3) is 5.91 Å². The van der Waals surface area contributed by atoms with Gasteiger partial charge in [-0.05, 0) is 37.5 Å². The Morgan fingerprint density at radius 3 is 2.70 bits per heavy atom. The number of para-hydroxylation sites is 1. The third kappa shape index (κ3) is 2.86. The number of hydrogen-bond donors (Lipinski definition) is 1. The number of carbonyl (C=O) groups is 1. The summed E-state index contributed by atoms with van der Waals surface area (Å²) in [4.78, 5) is 18.9. The lowest BCUT2D eigenvalue weighted by Crippen LogP contribution is -2.41. The van der Waals surface area contributed by atoms with Crippen LogP contribution in [0.25, 0.3) is 0 Å². The van der Waals surface area contributed by atoms with Gasteiger partial charge in [0.2, 0.25) is 0 Å². The Kier molecular flexibility index (Phi) is 4.44. The third-order valence-electron chi connectivity index (χ3n) is 4.44. The largest absolute Gasteiger partial charge is 0.375 e. The molecule has 23 heavy (non-hydrogen) atoms. The Hall–Kier alpha value is -2.20. The van der Waals surface area contributed by atoms with E-state index in [0.717, 1.165) is 29.8 Å². The summed E-state index contributed by atoms with van der Waals surface area (Å²) in [6.45, 7) is 2.75. The molecule has 3 rings (SSSR count). The van der Waals surface area contributed by atoms with E-state index in [2.05, 4.69) is 11.9 Å². The molecule has 0 radical (unpaired) electrons. The Morgan fingerprint density at radius 1 is 1.17 bits per heavy atom. The van der Waals surface area contributed by atoms with Crippen molar-refractivity contribution in [1.29, 1.82) is 0 Å². The van der Waals surface area contributed by atoms with Crippen molar-refractivity contribution >= 4 is 11.6 Å². The quantitative estimate of drug-likeness (QED) is 0.892. The number of aryl methyl sites for hydroxylation is 1. The molecule has 1 amide bonds. The number of rotatable bonds is 6. The maximum absolute atomic E-state index is 12.9. The van der Waals surface area contributed by atoms with Gasteiger partial charge in [0.05, 0.1) is 5.69 Å². The Labute approximate surface area is 136 Å². The van der Waals surface area contributed by atoms with Crippen molar-refractivity contribution in [1.82, 2.24) is 4.98 Å². The summed E-state index contributed by atoms with van der Waals surface area (Å²) in [6.07, 6.45) is 4.59. The zero-order valence-corrected chi connectivity index (χ0v) is 13.4. The van der Waals surface area contributed by atoms with Gasteiger partial charge in [0.15, 0.2) is 5.60 Å². The molecule has 1 aliphatic heterocycles. The van der Waals surface area contributed by atoms with Crippen LogP contribution in [0.2, 0.25) is 0 Å². The molecule has 1 unspecified atom stereocenters. The number of pyridine rings is 1. The summed E-state index contributed by atoms with van der Waals surface area (Å²) in [7, 11) is 0. The van der Waals surface area contributed by atoms with E-state index < -0.39 is 5.60 Å². The van der Waals surface area contributed by atoms with E-state index >= 15 is 0 Å². The molecule has 1 aliphatic rings. The molecule has 0 fully saturated rings. The van der Waals surface area contributed by atoms with Gasteiger partial charge in [-0.25, -0.2) is 0 Å². The molecule has 1 aromatic heterocycles. The molecule has 0 bridgehead atoms. The van der Waals surface area contributed by atoms with Crippen LogP contribution >= 0.6 is 0 Å². The van der Waals surface area contributed by atoms with Crippen LogP contribution in [0.15, 0.2) is 48.7 Å². The van der Waals surface area contributed by atoms with Crippen LogP contribution in [-0.2, 0) is 16.8 Å². The second-order valence-corrected chi connectivity index (χ2v) is 6.01. The third-order valence-corrected chi connectivity index (χ3v) is 4.44. The van der Waals surface area contributed by atoms with Crippen LogP contribution in [-0.4, -0.2) is 22.5 Å². The van der Waals surface area contributed by atoms with Gasteiger partial charge in [-0.3, -0.25) is 9.78 Å². The van der Waals surface area contributed by atoms with E-state index in [9.17, 15) is 9.90 Å². The molecular weight excluding hydrogens is 288 g/mol. The molecule has 0 spiro atoms. The van der Waals surface area contributed by atoms with Crippen molar-refractivity contribution in [2.75, 3.05) is 11.4 Å². The maximum atomic E-state index is 12.9. The zero-order valence-electron chi connectivity index (χ0n) is 13.4. The molecular formula is C19H22N2O2. The van der Waals surface area contributed by atoms with E-state index in [-0.39, 0.29) is 5.91 Å². The van der Waals surface area contributed by atoms with Crippen LogP contribution in [0.4, 0.5) is 5.69 Å². The summed E-state index contributed by atoms with van der Waals surface area (Å²) in [6, 6.07) is 13.3. The lowest BCUT2D eigenvalue weighted by molar-refractivity contribution is -0.136. The molecule has 0 saturated carbocycles. The summed E-state index contributed by atoms with van der Waals surface area (Å²) >= 11 is 0. The van der Waals surface area contributed by atoms with Gasteiger partial charge in [0, 0.05) is 24.0 Å². The number of anilines is 1. The SMILES string of the molecule is CCCCN1C(=O)C(O)(CCc2ccccn2)c2ccccc21. The average Bonchev–Trinajstić information content (AvgIpc) is 2.81. The number of nitrogens with zero attached hydrogens (tertiary/aromatic N) is 2. The first-order valence-corrected chi connectivity index (χ1v) is 8.20. The average molecular weight is 310 g/mol. The fourth-order valence-electron chi connectivity index (χ4n) is 3.14. The second kappa shape index (κ2) is 6.50. The first-order chi connectivity index (χ1) is 11.2. The van der Waals surface area contributed by atoms with Gasteiger partial charge < -0.3 is 10.0 Å². The van der Waals surface area contributed by atoms with E-state index in [1.807, 2.05) is 42.5 Å². The van der Waals surface area contributed by atoms with Crippen molar-refractivity contribution < 1.29 is 9.90 Å². The van der Waals surface area contributed by atoms with Gasteiger partial charge in [0.1, 0.15) is 0 Å². The number of amides is 1. The van der Waals surface area contributed by atoms with Crippen LogP contribution in [0, 0.1) is 0 Å². The van der Waals surface area contributed by atoms with Crippen LogP contribution in [0.1, 0.15) is 37.4 Å². The lowest BCUT2D eigenvalue weighted by Gasteiger charge is -2.23. The predicted molar refractivity (Wildman–Crippen MR) is 90.2 cm³/mol. The van der Waals surface area contributed by atoms with E-state index in [0.29, 0.717) is 19.4 Å². The number of benzene rings is 1. The Bertz CT molecular complexity index is 687. The smallest absolute Gasteiger partial charge is 0.263 e. The minimum atomic E-state index is -1.44. The van der Waals surface area contributed by atoms with Gasteiger partial charge >= 0.3 is 0 Å². The minimum absolute atomic E-state index is 0.205. The van der Waals surface area contributed by atoms with Crippen molar-refractivity contribution in [2.45, 2.75) is 38.2 Å². The van der Waals surface area contributed by atoms with Crippen LogP contribution in [0.3, 0.4) is 0 Å². The first-order valence-electron chi connectivity index (χ1n) is 8.20. The Morgan fingerprint density at radius 2 is 1.96 bits per heavy atom. The number of hydrogen-bond acceptors (Lipinski definition) is 3. The number of aliphatic hydroxyl groups is 1. The van der Waals surface area contributed by atoms with Crippen LogP contribution in [0.5, 0.6) is 0 Å².